The van der Waals surface area contributed by atoms with Crippen molar-refractivity contribution >= 4 is 22.2 Å². The fourth-order valence-corrected chi connectivity index (χ4v) is 2.07. The van der Waals surface area contributed by atoms with E-state index >= 15 is 0 Å². The highest BCUT2D eigenvalue weighted by Gasteiger charge is 2.19. The molecular weight excluding hydrogens is 252 g/mol. The van der Waals surface area contributed by atoms with Gasteiger partial charge in [0.1, 0.15) is 6.29 Å². The summed E-state index contributed by atoms with van der Waals surface area (Å²) in [5.41, 5.74) is 1.97. The summed E-state index contributed by atoms with van der Waals surface area (Å²) in [5, 5.41) is 0. The van der Waals surface area contributed by atoms with Crippen LogP contribution >= 0.6 is 15.9 Å². The number of hydrogen-bond acceptors (Lipinski definition) is 1. The van der Waals surface area contributed by atoms with Gasteiger partial charge < -0.3 is 4.79 Å². The number of halogens is 1. The number of carbonyl (C=O) groups is 1. The van der Waals surface area contributed by atoms with Gasteiger partial charge in [-0.05, 0) is 37.5 Å². The first-order valence-corrected chi connectivity index (χ1v) is 6.06. The second-order valence-corrected chi connectivity index (χ2v) is 5.25. The van der Waals surface area contributed by atoms with Gasteiger partial charge in [0.15, 0.2) is 0 Å². The van der Waals surface area contributed by atoms with Crippen LogP contribution in [0.15, 0.2) is 22.7 Å². The summed E-state index contributed by atoms with van der Waals surface area (Å²) >= 11 is 3.55. The third-order valence-electron chi connectivity index (χ3n) is 2.61. The second-order valence-electron chi connectivity index (χ2n) is 4.40. The molecule has 0 saturated carbocycles. The van der Waals surface area contributed by atoms with Gasteiger partial charge in [-0.15, -0.1) is 0 Å². The maximum absolute atomic E-state index is 10.9. The number of rotatable bonds is 4. The van der Waals surface area contributed by atoms with Gasteiger partial charge in [0.2, 0.25) is 0 Å². The summed E-state index contributed by atoms with van der Waals surface area (Å²) in [4.78, 5) is 10.9. The molecule has 0 aliphatic rings. The Balaban J connectivity index is 3.06. The Morgan fingerprint density at radius 2 is 2.07 bits per heavy atom. The average molecular weight is 269 g/mol. The molecule has 0 unspecified atom stereocenters. The largest absolute Gasteiger partial charge is 0.302 e. The minimum Gasteiger partial charge on any atom is -0.302 e. The smallest absolute Gasteiger partial charge is 0.129 e. The van der Waals surface area contributed by atoms with Crippen molar-refractivity contribution in [3.63, 3.8) is 0 Å². The van der Waals surface area contributed by atoms with E-state index in [9.17, 15) is 4.79 Å². The Labute approximate surface area is 100 Å². The Morgan fingerprint density at radius 3 is 2.53 bits per heavy atom. The minimum absolute atomic E-state index is 0.396. The predicted molar refractivity (Wildman–Crippen MR) is 67.2 cm³/mol. The summed E-state index contributed by atoms with van der Waals surface area (Å²) in [6.07, 6.45) is 3.20. The predicted octanol–water partition coefficient (Wildman–Crippen LogP) is 3.88. The molecule has 0 saturated heterocycles. The molecule has 0 fully saturated rings. The molecule has 1 aromatic carbocycles. The van der Waals surface area contributed by atoms with E-state index < -0.39 is 5.41 Å². The zero-order valence-corrected chi connectivity index (χ0v) is 11.1. The number of aldehydes is 1. The van der Waals surface area contributed by atoms with E-state index in [4.69, 9.17) is 0 Å². The topological polar surface area (TPSA) is 17.1 Å². The van der Waals surface area contributed by atoms with Crippen molar-refractivity contribution in [2.75, 3.05) is 0 Å². The standard InChI is InChI=1S/C13H17BrO/c1-4-5-10-6-7-11(8-12(10)14)13(2,3)9-15/h6-9H,4-5H2,1-3H3. The summed E-state index contributed by atoms with van der Waals surface area (Å²) < 4.78 is 1.11. The van der Waals surface area contributed by atoms with E-state index in [1.165, 1.54) is 5.56 Å². The zero-order valence-electron chi connectivity index (χ0n) is 9.51. The van der Waals surface area contributed by atoms with Crippen LogP contribution in [-0.4, -0.2) is 6.29 Å². The maximum atomic E-state index is 10.9. The number of aryl methyl sites for hydroxylation is 1. The van der Waals surface area contributed by atoms with Gasteiger partial charge in [-0.25, -0.2) is 0 Å². The van der Waals surface area contributed by atoms with Crippen LogP contribution < -0.4 is 0 Å². The monoisotopic (exact) mass is 268 g/mol. The van der Waals surface area contributed by atoms with Gasteiger partial charge in [0.05, 0.1) is 0 Å². The summed E-state index contributed by atoms with van der Waals surface area (Å²) in [6.45, 7) is 6.03. The molecule has 15 heavy (non-hydrogen) atoms. The van der Waals surface area contributed by atoms with Crippen LogP contribution in [0.4, 0.5) is 0 Å². The molecule has 0 aliphatic carbocycles. The van der Waals surface area contributed by atoms with Gasteiger partial charge >= 0.3 is 0 Å². The molecule has 1 aromatic rings. The SMILES string of the molecule is CCCc1ccc(C(C)(C)C=O)cc1Br. The van der Waals surface area contributed by atoms with E-state index in [1.54, 1.807) is 0 Å². The Kier molecular flexibility index (Phi) is 4.09. The van der Waals surface area contributed by atoms with Crippen molar-refractivity contribution in [1.29, 1.82) is 0 Å². The first-order valence-electron chi connectivity index (χ1n) is 5.26. The quantitative estimate of drug-likeness (QED) is 0.758. The van der Waals surface area contributed by atoms with Gasteiger partial charge in [-0.1, -0.05) is 41.4 Å². The minimum atomic E-state index is -0.396. The molecule has 0 N–H and O–H groups in total. The van der Waals surface area contributed by atoms with E-state index in [1.807, 2.05) is 19.9 Å². The molecule has 0 amide bonds. The fourth-order valence-electron chi connectivity index (χ4n) is 1.49. The first-order chi connectivity index (χ1) is 7.01. The molecule has 1 nitrogen and oxygen atoms in total. The van der Waals surface area contributed by atoms with Crippen molar-refractivity contribution in [1.82, 2.24) is 0 Å². The Bertz CT molecular complexity index is 356. The van der Waals surface area contributed by atoms with E-state index in [0.29, 0.717) is 0 Å². The molecule has 0 aromatic heterocycles. The highest BCUT2D eigenvalue weighted by Crippen LogP contribution is 2.27. The van der Waals surface area contributed by atoms with E-state index in [0.717, 1.165) is 29.2 Å². The third kappa shape index (κ3) is 2.91. The van der Waals surface area contributed by atoms with Crippen LogP contribution in [0.3, 0.4) is 0 Å². The van der Waals surface area contributed by atoms with Crippen molar-refractivity contribution < 1.29 is 4.79 Å². The highest BCUT2D eigenvalue weighted by molar-refractivity contribution is 9.10. The van der Waals surface area contributed by atoms with Gasteiger partial charge in [-0.3, -0.25) is 0 Å². The zero-order chi connectivity index (χ0) is 11.5. The molecule has 0 radical (unpaired) electrons. The lowest BCUT2D eigenvalue weighted by Crippen LogP contribution is -2.18. The first kappa shape index (κ1) is 12.4. The second kappa shape index (κ2) is 4.93. The Morgan fingerprint density at radius 1 is 1.40 bits per heavy atom. The highest BCUT2D eigenvalue weighted by atomic mass is 79.9. The van der Waals surface area contributed by atoms with Gasteiger partial charge in [-0.2, -0.15) is 0 Å². The van der Waals surface area contributed by atoms with Crippen molar-refractivity contribution in [2.45, 2.75) is 39.0 Å². The summed E-state index contributed by atoms with van der Waals surface area (Å²) in [6, 6.07) is 6.21. The molecule has 0 aliphatic heterocycles. The molecule has 1 rings (SSSR count). The molecule has 0 spiro atoms. The lowest BCUT2D eigenvalue weighted by Gasteiger charge is -2.18. The maximum Gasteiger partial charge on any atom is 0.129 e. The van der Waals surface area contributed by atoms with Crippen LogP contribution in [0, 0.1) is 0 Å². The number of hydrogen-bond donors (Lipinski definition) is 0. The number of carbonyl (C=O) groups excluding carboxylic acids is 1. The van der Waals surface area contributed by atoms with Crippen LogP contribution in [-0.2, 0) is 16.6 Å². The summed E-state index contributed by atoms with van der Waals surface area (Å²) in [5.74, 6) is 0. The molecule has 0 bridgehead atoms. The van der Waals surface area contributed by atoms with Crippen molar-refractivity contribution in [3.8, 4) is 0 Å². The molecule has 0 atom stereocenters. The van der Waals surface area contributed by atoms with E-state index in [2.05, 4.69) is 35.0 Å². The van der Waals surface area contributed by atoms with Crippen LogP contribution in [0.25, 0.3) is 0 Å². The normalized spacial score (nSPS) is 11.5. The fraction of sp³-hybridized carbons (Fsp3) is 0.462. The average Bonchev–Trinajstić information content (AvgIpc) is 2.21. The van der Waals surface area contributed by atoms with Gasteiger partial charge in [0, 0.05) is 9.89 Å². The molecule has 2 heteroatoms. The van der Waals surface area contributed by atoms with Crippen LogP contribution in [0.5, 0.6) is 0 Å². The third-order valence-corrected chi connectivity index (χ3v) is 3.35. The van der Waals surface area contributed by atoms with Crippen LogP contribution in [0.1, 0.15) is 38.3 Å². The molecule has 0 heterocycles. The summed E-state index contributed by atoms with van der Waals surface area (Å²) in [7, 11) is 0. The van der Waals surface area contributed by atoms with Crippen molar-refractivity contribution in [3.05, 3.63) is 33.8 Å². The van der Waals surface area contributed by atoms with Crippen molar-refractivity contribution in [2.24, 2.45) is 0 Å². The van der Waals surface area contributed by atoms with Gasteiger partial charge in [0.25, 0.3) is 0 Å². The van der Waals surface area contributed by atoms with E-state index in [-0.39, 0.29) is 0 Å². The molecular formula is C13H17BrO. The Hall–Kier alpha value is -0.630. The lowest BCUT2D eigenvalue weighted by molar-refractivity contribution is -0.111. The number of benzene rings is 1. The molecule has 82 valence electrons. The van der Waals surface area contributed by atoms with Crippen LogP contribution in [0.2, 0.25) is 0 Å². The lowest BCUT2D eigenvalue weighted by atomic mass is 9.86.